The minimum absolute atomic E-state index is 0.338. The molecule has 1 N–H and O–H groups in total. The molecule has 0 bridgehead atoms. The van der Waals surface area contributed by atoms with E-state index in [4.69, 9.17) is 0 Å². The standard InChI is InChI=1S/C17H17NS/c1-12-10-11-17(19-12)13(2)18-16-9-5-7-14-6-3-4-8-15(14)16/h3-11,13,18H,1-2H3. The molecule has 96 valence electrons. The van der Waals surface area contributed by atoms with Gasteiger partial charge in [0.2, 0.25) is 0 Å². The van der Waals surface area contributed by atoms with Gasteiger partial charge in [0.05, 0.1) is 6.04 Å². The highest BCUT2D eigenvalue weighted by Gasteiger charge is 2.09. The summed E-state index contributed by atoms with van der Waals surface area (Å²) in [5, 5.41) is 6.19. The van der Waals surface area contributed by atoms with E-state index < -0.39 is 0 Å². The first kappa shape index (κ1) is 12.2. The van der Waals surface area contributed by atoms with Crippen LogP contribution in [0.4, 0.5) is 5.69 Å². The first-order valence-corrected chi connectivity index (χ1v) is 7.36. The van der Waals surface area contributed by atoms with E-state index in [-0.39, 0.29) is 0 Å². The SMILES string of the molecule is Cc1ccc(C(C)Nc2cccc3ccccc23)s1. The molecule has 0 aliphatic rings. The van der Waals surface area contributed by atoms with Gasteiger partial charge in [0.15, 0.2) is 0 Å². The summed E-state index contributed by atoms with van der Waals surface area (Å²) >= 11 is 1.86. The van der Waals surface area contributed by atoms with Gasteiger partial charge in [-0.05, 0) is 37.4 Å². The molecular formula is C17H17NS. The number of aryl methyl sites for hydroxylation is 1. The largest absolute Gasteiger partial charge is 0.377 e. The van der Waals surface area contributed by atoms with E-state index in [0.29, 0.717) is 6.04 Å². The predicted octanol–water partition coefficient (Wildman–Crippen LogP) is 5.38. The summed E-state index contributed by atoms with van der Waals surface area (Å²) in [6, 6.07) is 19.6. The van der Waals surface area contributed by atoms with Gasteiger partial charge in [-0.25, -0.2) is 0 Å². The van der Waals surface area contributed by atoms with Crippen LogP contribution < -0.4 is 5.32 Å². The van der Waals surface area contributed by atoms with Crippen LogP contribution in [0.15, 0.2) is 54.6 Å². The van der Waals surface area contributed by atoms with E-state index in [0.717, 1.165) is 0 Å². The molecule has 1 unspecified atom stereocenters. The van der Waals surface area contributed by atoms with Crippen LogP contribution in [-0.2, 0) is 0 Å². The lowest BCUT2D eigenvalue weighted by Crippen LogP contribution is -2.05. The van der Waals surface area contributed by atoms with Gasteiger partial charge in [0.1, 0.15) is 0 Å². The summed E-state index contributed by atoms with van der Waals surface area (Å²) in [7, 11) is 0. The van der Waals surface area contributed by atoms with Crippen molar-refractivity contribution in [3.05, 3.63) is 64.4 Å². The molecule has 3 rings (SSSR count). The molecule has 0 aliphatic carbocycles. The molecule has 0 saturated carbocycles. The van der Waals surface area contributed by atoms with Gasteiger partial charge in [0, 0.05) is 20.8 Å². The first-order chi connectivity index (χ1) is 9.24. The molecule has 0 aliphatic heterocycles. The molecular weight excluding hydrogens is 250 g/mol. The number of benzene rings is 2. The minimum atomic E-state index is 0.338. The fourth-order valence-corrected chi connectivity index (χ4v) is 3.22. The van der Waals surface area contributed by atoms with E-state index in [1.807, 2.05) is 11.3 Å². The Hall–Kier alpha value is -1.80. The third kappa shape index (κ3) is 2.49. The minimum Gasteiger partial charge on any atom is -0.377 e. The highest BCUT2D eigenvalue weighted by atomic mass is 32.1. The van der Waals surface area contributed by atoms with Crippen molar-refractivity contribution in [3.8, 4) is 0 Å². The molecule has 0 saturated heterocycles. The van der Waals surface area contributed by atoms with E-state index in [2.05, 4.69) is 73.8 Å². The smallest absolute Gasteiger partial charge is 0.0578 e. The van der Waals surface area contributed by atoms with E-state index in [9.17, 15) is 0 Å². The Morgan fingerprint density at radius 1 is 0.947 bits per heavy atom. The van der Waals surface area contributed by atoms with Crippen molar-refractivity contribution < 1.29 is 0 Å². The van der Waals surface area contributed by atoms with Gasteiger partial charge in [-0.15, -0.1) is 11.3 Å². The van der Waals surface area contributed by atoms with Gasteiger partial charge in [-0.3, -0.25) is 0 Å². The van der Waals surface area contributed by atoms with Crippen LogP contribution in [0.25, 0.3) is 10.8 Å². The van der Waals surface area contributed by atoms with Gasteiger partial charge >= 0.3 is 0 Å². The fraction of sp³-hybridized carbons (Fsp3) is 0.176. The lowest BCUT2D eigenvalue weighted by Gasteiger charge is -2.15. The van der Waals surface area contributed by atoms with Crippen molar-refractivity contribution in [2.75, 3.05) is 5.32 Å². The third-order valence-electron chi connectivity index (χ3n) is 3.35. The number of hydrogen-bond acceptors (Lipinski definition) is 2. The maximum Gasteiger partial charge on any atom is 0.0578 e. The van der Waals surface area contributed by atoms with Crippen molar-refractivity contribution in [2.45, 2.75) is 19.9 Å². The highest BCUT2D eigenvalue weighted by molar-refractivity contribution is 7.12. The molecule has 3 aromatic rings. The summed E-state index contributed by atoms with van der Waals surface area (Å²) in [6.07, 6.45) is 0. The van der Waals surface area contributed by atoms with Crippen molar-refractivity contribution in [2.24, 2.45) is 0 Å². The second-order valence-corrected chi connectivity index (χ2v) is 6.16. The van der Waals surface area contributed by atoms with Crippen LogP contribution in [0, 0.1) is 6.92 Å². The molecule has 0 amide bonds. The zero-order chi connectivity index (χ0) is 13.2. The molecule has 0 radical (unpaired) electrons. The molecule has 2 aromatic carbocycles. The van der Waals surface area contributed by atoms with Crippen molar-refractivity contribution in [1.29, 1.82) is 0 Å². The number of nitrogens with one attached hydrogen (secondary N) is 1. The molecule has 2 heteroatoms. The Labute approximate surface area is 117 Å². The molecule has 1 atom stereocenters. The van der Waals surface area contributed by atoms with Crippen LogP contribution >= 0.6 is 11.3 Å². The number of hydrogen-bond donors (Lipinski definition) is 1. The molecule has 0 spiro atoms. The van der Waals surface area contributed by atoms with Crippen LogP contribution in [0.2, 0.25) is 0 Å². The summed E-state index contributed by atoms with van der Waals surface area (Å²) in [5.74, 6) is 0. The zero-order valence-corrected chi connectivity index (χ0v) is 12.0. The van der Waals surface area contributed by atoms with Gasteiger partial charge in [-0.1, -0.05) is 36.4 Å². The van der Waals surface area contributed by atoms with Gasteiger partial charge < -0.3 is 5.32 Å². The Morgan fingerprint density at radius 3 is 2.53 bits per heavy atom. The molecule has 1 heterocycles. The Morgan fingerprint density at radius 2 is 1.74 bits per heavy atom. The lowest BCUT2D eigenvalue weighted by atomic mass is 10.1. The quantitative estimate of drug-likeness (QED) is 0.671. The number of fused-ring (bicyclic) bond motifs is 1. The number of anilines is 1. The Balaban J connectivity index is 1.93. The summed E-state index contributed by atoms with van der Waals surface area (Å²) in [4.78, 5) is 2.74. The molecule has 1 aromatic heterocycles. The van der Waals surface area contributed by atoms with Crippen LogP contribution in [0.1, 0.15) is 22.7 Å². The van der Waals surface area contributed by atoms with Crippen LogP contribution in [-0.4, -0.2) is 0 Å². The van der Waals surface area contributed by atoms with E-state index in [1.165, 1.54) is 26.2 Å². The van der Waals surface area contributed by atoms with Crippen LogP contribution in [0.3, 0.4) is 0 Å². The molecule has 0 fully saturated rings. The maximum absolute atomic E-state index is 3.62. The lowest BCUT2D eigenvalue weighted by molar-refractivity contribution is 0.910. The summed E-state index contributed by atoms with van der Waals surface area (Å²) in [6.45, 7) is 4.37. The van der Waals surface area contributed by atoms with Gasteiger partial charge in [0.25, 0.3) is 0 Å². The van der Waals surface area contributed by atoms with Crippen molar-refractivity contribution in [3.63, 3.8) is 0 Å². The second-order valence-electron chi connectivity index (χ2n) is 4.84. The van der Waals surface area contributed by atoms with Crippen molar-refractivity contribution in [1.82, 2.24) is 0 Å². The first-order valence-electron chi connectivity index (χ1n) is 6.54. The summed E-state index contributed by atoms with van der Waals surface area (Å²) < 4.78 is 0. The van der Waals surface area contributed by atoms with E-state index in [1.54, 1.807) is 0 Å². The average Bonchev–Trinajstić information content (AvgIpc) is 2.86. The normalized spacial score (nSPS) is 12.5. The van der Waals surface area contributed by atoms with E-state index >= 15 is 0 Å². The monoisotopic (exact) mass is 267 g/mol. The zero-order valence-electron chi connectivity index (χ0n) is 11.2. The second kappa shape index (κ2) is 5.06. The van der Waals surface area contributed by atoms with Crippen molar-refractivity contribution >= 4 is 27.8 Å². The molecule has 1 nitrogen and oxygen atoms in total. The van der Waals surface area contributed by atoms with Gasteiger partial charge in [-0.2, -0.15) is 0 Å². The number of thiophene rings is 1. The predicted molar refractivity (Wildman–Crippen MR) is 85.0 cm³/mol. The highest BCUT2D eigenvalue weighted by Crippen LogP contribution is 2.29. The fourth-order valence-electron chi connectivity index (χ4n) is 2.34. The Kier molecular flexibility index (Phi) is 3.26. The van der Waals surface area contributed by atoms with Crippen LogP contribution in [0.5, 0.6) is 0 Å². The molecule has 19 heavy (non-hydrogen) atoms. The average molecular weight is 267 g/mol. The topological polar surface area (TPSA) is 12.0 Å². The Bertz CT molecular complexity index is 694. The summed E-state index contributed by atoms with van der Waals surface area (Å²) in [5.41, 5.74) is 1.21. The third-order valence-corrected chi connectivity index (χ3v) is 4.53. The number of rotatable bonds is 3. The maximum atomic E-state index is 3.62.